The van der Waals surface area contributed by atoms with Gasteiger partial charge in [-0.15, -0.1) is 0 Å². The highest BCUT2D eigenvalue weighted by atomic mass is 32.2. The van der Waals surface area contributed by atoms with Crippen molar-refractivity contribution in [1.82, 2.24) is 8.61 Å². The van der Waals surface area contributed by atoms with Gasteiger partial charge in [-0.1, -0.05) is 6.92 Å². The quantitative estimate of drug-likeness (QED) is 0.754. The van der Waals surface area contributed by atoms with Gasteiger partial charge in [-0.25, -0.2) is 0 Å². The number of hydrogen-bond acceptors (Lipinski definition) is 3. The Morgan fingerprint density at radius 3 is 2.62 bits per heavy atom. The first-order chi connectivity index (χ1) is 7.46. The Morgan fingerprint density at radius 2 is 2.06 bits per heavy atom. The summed E-state index contributed by atoms with van der Waals surface area (Å²) in [7, 11) is -1.61. The van der Waals surface area contributed by atoms with E-state index in [1.165, 1.54) is 4.31 Å². The molecule has 0 aromatic rings. The van der Waals surface area contributed by atoms with E-state index in [2.05, 4.69) is 0 Å². The van der Waals surface area contributed by atoms with Gasteiger partial charge in [0.1, 0.15) is 0 Å². The van der Waals surface area contributed by atoms with Gasteiger partial charge >= 0.3 is 0 Å². The summed E-state index contributed by atoms with van der Waals surface area (Å²) in [6.45, 7) is 3.63. The van der Waals surface area contributed by atoms with Crippen LogP contribution in [0.5, 0.6) is 0 Å². The van der Waals surface area contributed by atoms with Crippen LogP contribution in [0.2, 0.25) is 0 Å². The minimum Gasteiger partial charge on any atom is -0.327 e. The number of fused-ring (bicyclic) bond motifs is 1. The van der Waals surface area contributed by atoms with E-state index in [4.69, 9.17) is 5.73 Å². The van der Waals surface area contributed by atoms with Crippen molar-refractivity contribution < 1.29 is 8.42 Å². The molecular weight excluding hydrogens is 226 g/mol. The fourth-order valence-corrected chi connectivity index (χ4v) is 4.28. The van der Waals surface area contributed by atoms with E-state index >= 15 is 0 Å². The number of nitrogens with two attached hydrogens (primary N) is 1. The predicted octanol–water partition coefficient (Wildman–Crippen LogP) is -0.148. The van der Waals surface area contributed by atoms with Crippen LogP contribution in [0.4, 0.5) is 0 Å². The Labute approximate surface area is 97.8 Å². The summed E-state index contributed by atoms with van der Waals surface area (Å²) in [6, 6.07) is 0.192. The summed E-state index contributed by atoms with van der Waals surface area (Å²) in [4.78, 5) is 0. The molecule has 94 valence electrons. The van der Waals surface area contributed by atoms with Crippen molar-refractivity contribution in [2.24, 2.45) is 17.6 Å². The van der Waals surface area contributed by atoms with E-state index in [-0.39, 0.29) is 6.04 Å². The Hall–Kier alpha value is -0.170. The highest BCUT2D eigenvalue weighted by Gasteiger charge is 2.45. The molecule has 2 N–H and O–H groups in total. The largest absolute Gasteiger partial charge is 0.327 e. The minimum atomic E-state index is -3.24. The summed E-state index contributed by atoms with van der Waals surface area (Å²) in [5.74, 6) is 0.857. The van der Waals surface area contributed by atoms with Crippen molar-refractivity contribution in [3.8, 4) is 0 Å². The van der Waals surface area contributed by atoms with Gasteiger partial charge in [0.2, 0.25) is 0 Å². The van der Waals surface area contributed by atoms with E-state index in [1.807, 2.05) is 6.92 Å². The zero-order chi connectivity index (χ0) is 11.9. The molecule has 6 heteroatoms. The molecule has 1 saturated heterocycles. The van der Waals surface area contributed by atoms with Crippen molar-refractivity contribution >= 4 is 10.2 Å². The topological polar surface area (TPSA) is 66.6 Å². The van der Waals surface area contributed by atoms with Gasteiger partial charge in [-0.05, 0) is 24.7 Å². The summed E-state index contributed by atoms with van der Waals surface area (Å²) >= 11 is 0. The summed E-state index contributed by atoms with van der Waals surface area (Å²) in [6.07, 6.45) is 2.13. The van der Waals surface area contributed by atoms with Gasteiger partial charge in [0, 0.05) is 32.7 Å². The Morgan fingerprint density at radius 1 is 1.38 bits per heavy atom. The monoisotopic (exact) mass is 247 g/mol. The van der Waals surface area contributed by atoms with Gasteiger partial charge in [0.25, 0.3) is 10.2 Å². The molecule has 2 aliphatic rings. The highest BCUT2D eigenvalue weighted by Crippen LogP contribution is 2.38. The van der Waals surface area contributed by atoms with Crippen LogP contribution in [-0.2, 0) is 10.2 Å². The predicted molar refractivity (Wildman–Crippen MR) is 63.0 cm³/mol. The van der Waals surface area contributed by atoms with E-state index in [9.17, 15) is 8.42 Å². The van der Waals surface area contributed by atoms with E-state index < -0.39 is 10.2 Å². The summed E-state index contributed by atoms with van der Waals surface area (Å²) in [5, 5.41) is 0. The van der Waals surface area contributed by atoms with Crippen LogP contribution in [-0.4, -0.2) is 49.8 Å². The highest BCUT2D eigenvalue weighted by molar-refractivity contribution is 7.86. The lowest BCUT2D eigenvalue weighted by Crippen LogP contribution is -2.41. The average Bonchev–Trinajstić information content (AvgIpc) is 2.80. The molecule has 5 nitrogen and oxygen atoms in total. The van der Waals surface area contributed by atoms with Gasteiger partial charge in [-0.3, -0.25) is 0 Å². The maximum Gasteiger partial charge on any atom is 0.281 e. The van der Waals surface area contributed by atoms with Crippen LogP contribution in [0.1, 0.15) is 19.8 Å². The smallest absolute Gasteiger partial charge is 0.281 e. The molecule has 2 rings (SSSR count). The Kier molecular flexibility index (Phi) is 3.27. The molecule has 16 heavy (non-hydrogen) atoms. The standard InChI is InChI=1S/C10H21N3O2S/c1-3-12(2)16(14,15)13-6-8-4-5-10(11)9(8)7-13/h8-10H,3-7,11H2,1-2H3. The molecule has 0 radical (unpaired) electrons. The third kappa shape index (κ3) is 1.88. The SMILES string of the molecule is CCN(C)S(=O)(=O)N1CC2CCC(N)C2C1. The van der Waals surface area contributed by atoms with E-state index in [0.717, 1.165) is 12.8 Å². The molecule has 2 fully saturated rings. The number of hydrogen-bond donors (Lipinski definition) is 1. The van der Waals surface area contributed by atoms with Crippen molar-refractivity contribution in [3.05, 3.63) is 0 Å². The third-order valence-corrected chi connectivity index (χ3v) is 6.04. The number of nitrogens with zero attached hydrogens (tertiary/aromatic N) is 2. The lowest BCUT2D eigenvalue weighted by molar-refractivity contribution is 0.381. The van der Waals surface area contributed by atoms with Gasteiger partial charge < -0.3 is 5.73 Å². The third-order valence-electron chi connectivity index (χ3n) is 4.04. The zero-order valence-electron chi connectivity index (χ0n) is 9.96. The van der Waals surface area contributed by atoms with Gasteiger partial charge in [0.05, 0.1) is 0 Å². The first-order valence-corrected chi connectivity index (χ1v) is 7.33. The van der Waals surface area contributed by atoms with Crippen LogP contribution < -0.4 is 5.73 Å². The Bertz CT molecular complexity index is 357. The molecule has 0 amide bonds. The first-order valence-electron chi connectivity index (χ1n) is 5.93. The van der Waals surface area contributed by atoms with Crippen molar-refractivity contribution in [3.63, 3.8) is 0 Å². The number of rotatable bonds is 3. The van der Waals surface area contributed by atoms with Crippen LogP contribution in [0.3, 0.4) is 0 Å². The van der Waals surface area contributed by atoms with Crippen LogP contribution in [0.25, 0.3) is 0 Å². The van der Waals surface area contributed by atoms with E-state index in [1.54, 1.807) is 11.4 Å². The van der Waals surface area contributed by atoms with E-state index in [0.29, 0.717) is 31.5 Å². The minimum absolute atomic E-state index is 0.192. The van der Waals surface area contributed by atoms with Crippen LogP contribution in [0, 0.1) is 11.8 Å². The average molecular weight is 247 g/mol. The Balaban J connectivity index is 2.10. The van der Waals surface area contributed by atoms with Crippen molar-refractivity contribution in [2.75, 3.05) is 26.7 Å². The molecule has 1 aliphatic heterocycles. The molecule has 1 saturated carbocycles. The second kappa shape index (κ2) is 4.25. The second-order valence-electron chi connectivity index (χ2n) is 4.90. The summed E-state index contributed by atoms with van der Waals surface area (Å²) in [5.41, 5.74) is 6.00. The molecule has 0 bridgehead atoms. The fraction of sp³-hybridized carbons (Fsp3) is 1.00. The molecule has 0 aromatic carbocycles. The molecule has 1 aliphatic carbocycles. The molecule has 0 aromatic heterocycles. The van der Waals surface area contributed by atoms with Crippen molar-refractivity contribution in [2.45, 2.75) is 25.8 Å². The maximum absolute atomic E-state index is 12.1. The van der Waals surface area contributed by atoms with Gasteiger partial charge in [0.15, 0.2) is 0 Å². The second-order valence-corrected chi connectivity index (χ2v) is 6.94. The molecule has 3 atom stereocenters. The first kappa shape index (κ1) is 12.3. The molecule has 0 spiro atoms. The lowest BCUT2D eigenvalue weighted by atomic mass is 9.98. The molecular formula is C10H21N3O2S. The zero-order valence-corrected chi connectivity index (χ0v) is 10.8. The van der Waals surface area contributed by atoms with Crippen molar-refractivity contribution in [1.29, 1.82) is 0 Å². The summed E-state index contributed by atoms with van der Waals surface area (Å²) < 4.78 is 27.2. The lowest BCUT2D eigenvalue weighted by Gasteiger charge is -2.24. The molecule has 1 heterocycles. The fourth-order valence-electron chi connectivity index (χ4n) is 2.82. The van der Waals surface area contributed by atoms with Crippen LogP contribution in [0.15, 0.2) is 0 Å². The maximum atomic E-state index is 12.1. The molecule has 3 unspecified atom stereocenters. The van der Waals surface area contributed by atoms with Crippen LogP contribution >= 0.6 is 0 Å². The van der Waals surface area contributed by atoms with Gasteiger partial charge in [-0.2, -0.15) is 17.0 Å². The normalized spacial score (nSPS) is 35.9.